The normalized spacial score (nSPS) is 12.5. The summed E-state index contributed by atoms with van der Waals surface area (Å²) in [6.07, 6.45) is 3.28. The van der Waals surface area contributed by atoms with Gasteiger partial charge in [0.25, 0.3) is 0 Å². The molecule has 2 N–H and O–H groups in total. The number of H-pyrrole nitrogens is 1. The number of aromatic amines is 1. The Morgan fingerprint density at radius 2 is 2.24 bits per heavy atom. The van der Waals surface area contributed by atoms with Crippen molar-refractivity contribution in [2.45, 2.75) is 26.4 Å². The molecule has 1 rings (SSSR count). The highest BCUT2D eigenvalue weighted by Crippen LogP contribution is 2.03. The van der Waals surface area contributed by atoms with Crippen molar-refractivity contribution in [3.8, 4) is 0 Å². The molecule has 0 bridgehead atoms. The van der Waals surface area contributed by atoms with Crippen molar-refractivity contribution in [3.63, 3.8) is 0 Å². The molecule has 0 aliphatic heterocycles. The van der Waals surface area contributed by atoms with Crippen LogP contribution in [0.25, 0.3) is 0 Å². The van der Waals surface area contributed by atoms with E-state index < -0.39 is 10.0 Å². The Morgan fingerprint density at radius 3 is 2.76 bits per heavy atom. The van der Waals surface area contributed by atoms with Crippen molar-refractivity contribution >= 4 is 10.0 Å². The molecule has 0 aliphatic rings. The van der Waals surface area contributed by atoms with Gasteiger partial charge in [0.15, 0.2) is 0 Å². The number of hydrogen-bond donors (Lipinski definition) is 2. The number of rotatable bonds is 7. The van der Waals surface area contributed by atoms with E-state index in [2.05, 4.69) is 15.3 Å². The van der Waals surface area contributed by atoms with Crippen molar-refractivity contribution < 1.29 is 8.42 Å². The highest BCUT2D eigenvalue weighted by molar-refractivity contribution is 7.89. The fraction of sp³-hybridized carbons (Fsp3) is 0.700. The second kappa shape index (κ2) is 6.13. The van der Waals surface area contributed by atoms with E-state index in [1.165, 1.54) is 4.31 Å². The summed E-state index contributed by atoms with van der Waals surface area (Å²) >= 11 is 0. The molecule has 0 aliphatic carbocycles. The average Bonchev–Trinajstić information content (AvgIpc) is 2.69. The van der Waals surface area contributed by atoms with Crippen LogP contribution < -0.4 is 5.32 Å². The van der Waals surface area contributed by atoms with Gasteiger partial charge >= 0.3 is 0 Å². The van der Waals surface area contributed by atoms with Gasteiger partial charge in [-0.3, -0.25) is 0 Å². The number of imidazole rings is 1. The first kappa shape index (κ1) is 14.1. The third-order valence-electron chi connectivity index (χ3n) is 2.31. The Bertz CT molecular complexity index is 414. The van der Waals surface area contributed by atoms with Crippen molar-refractivity contribution in [2.24, 2.45) is 0 Å². The molecule has 17 heavy (non-hydrogen) atoms. The lowest BCUT2D eigenvalue weighted by Gasteiger charge is -2.16. The maximum absolute atomic E-state index is 11.9. The third-order valence-corrected chi connectivity index (χ3v) is 4.11. The van der Waals surface area contributed by atoms with Crippen LogP contribution in [0.4, 0.5) is 0 Å². The first-order valence-electron chi connectivity index (χ1n) is 5.57. The molecule has 1 heterocycles. The van der Waals surface area contributed by atoms with Crippen LogP contribution in [-0.4, -0.2) is 48.1 Å². The highest BCUT2D eigenvalue weighted by Gasteiger charge is 2.18. The molecule has 0 fully saturated rings. The zero-order chi connectivity index (χ0) is 12.9. The van der Waals surface area contributed by atoms with Gasteiger partial charge in [-0.25, -0.2) is 13.4 Å². The molecule has 0 radical (unpaired) electrons. The molecule has 6 nitrogen and oxygen atoms in total. The first-order valence-corrected chi connectivity index (χ1v) is 7.18. The minimum Gasteiger partial charge on any atom is -0.347 e. The zero-order valence-corrected chi connectivity index (χ0v) is 11.3. The molecule has 0 spiro atoms. The van der Waals surface area contributed by atoms with Crippen LogP contribution in [0.3, 0.4) is 0 Å². The van der Waals surface area contributed by atoms with Gasteiger partial charge in [0.1, 0.15) is 5.82 Å². The Hall–Kier alpha value is -0.920. The van der Waals surface area contributed by atoms with Crippen molar-refractivity contribution in [2.75, 3.05) is 19.3 Å². The molecule has 1 aromatic heterocycles. The molecule has 1 aromatic rings. The van der Waals surface area contributed by atoms with Crippen LogP contribution in [0.2, 0.25) is 0 Å². The highest BCUT2D eigenvalue weighted by atomic mass is 32.2. The zero-order valence-electron chi connectivity index (χ0n) is 10.5. The van der Waals surface area contributed by atoms with Crippen molar-refractivity contribution in [1.29, 1.82) is 0 Å². The molecular formula is C10H20N4O2S. The summed E-state index contributed by atoms with van der Waals surface area (Å²) in [6.45, 7) is 4.71. The Labute approximate surface area is 102 Å². The van der Waals surface area contributed by atoms with Crippen LogP contribution in [-0.2, 0) is 16.6 Å². The van der Waals surface area contributed by atoms with E-state index >= 15 is 0 Å². The fourth-order valence-corrected chi connectivity index (χ4v) is 2.33. The van der Waals surface area contributed by atoms with E-state index in [0.29, 0.717) is 18.4 Å². The molecule has 0 aromatic carbocycles. The fourth-order valence-electron chi connectivity index (χ4n) is 1.33. The Balaban J connectivity index is 2.46. The summed E-state index contributed by atoms with van der Waals surface area (Å²) in [5, 5.41) is 3.09. The summed E-state index contributed by atoms with van der Waals surface area (Å²) in [5.41, 5.74) is 0. The predicted octanol–water partition coefficient (Wildman–Crippen LogP) is 0.169. The van der Waals surface area contributed by atoms with Gasteiger partial charge < -0.3 is 10.3 Å². The maximum Gasteiger partial charge on any atom is 0.215 e. The molecular weight excluding hydrogens is 240 g/mol. The van der Waals surface area contributed by atoms with E-state index in [1.54, 1.807) is 19.4 Å². The van der Waals surface area contributed by atoms with E-state index in [4.69, 9.17) is 0 Å². The standard InChI is InChI=1S/C10H20N4O2S/c1-9(2)11-6-7-17(15,16)14(3)8-10-12-4-5-13-10/h4-5,9,11H,6-8H2,1-3H3,(H,12,13). The Kier molecular flexibility index (Phi) is 5.10. The van der Waals surface area contributed by atoms with E-state index in [1.807, 2.05) is 13.8 Å². The van der Waals surface area contributed by atoms with Gasteiger partial charge in [0, 0.05) is 32.0 Å². The molecule has 0 saturated carbocycles. The Morgan fingerprint density at radius 1 is 1.53 bits per heavy atom. The van der Waals surface area contributed by atoms with E-state index in [0.717, 1.165) is 0 Å². The van der Waals surface area contributed by atoms with Crippen LogP contribution in [0.15, 0.2) is 12.4 Å². The minimum absolute atomic E-state index is 0.0996. The monoisotopic (exact) mass is 260 g/mol. The third kappa shape index (κ3) is 4.84. The van der Waals surface area contributed by atoms with Gasteiger partial charge in [0.05, 0.1) is 12.3 Å². The van der Waals surface area contributed by atoms with Gasteiger partial charge in [0.2, 0.25) is 10.0 Å². The summed E-state index contributed by atoms with van der Waals surface area (Å²) in [6, 6.07) is 0.292. The second-order valence-corrected chi connectivity index (χ2v) is 6.41. The van der Waals surface area contributed by atoms with Gasteiger partial charge in [-0.15, -0.1) is 0 Å². The molecule has 0 atom stereocenters. The largest absolute Gasteiger partial charge is 0.347 e. The molecule has 7 heteroatoms. The van der Waals surface area contributed by atoms with Crippen LogP contribution >= 0.6 is 0 Å². The van der Waals surface area contributed by atoms with Gasteiger partial charge in [-0.2, -0.15) is 4.31 Å². The number of nitrogens with one attached hydrogen (secondary N) is 2. The van der Waals surface area contributed by atoms with E-state index in [-0.39, 0.29) is 12.3 Å². The van der Waals surface area contributed by atoms with Crippen LogP contribution in [0.1, 0.15) is 19.7 Å². The lowest BCUT2D eigenvalue weighted by atomic mass is 10.4. The lowest BCUT2D eigenvalue weighted by Crippen LogP contribution is -2.35. The SMILES string of the molecule is CC(C)NCCS(=O)(=O)N(C)Cc1ncc[nH]1. The van der Waals surface area contributed by atoms with Crippen LogP contribution in [0, 0.1) is 0 Å². The molecule has 0 amide bonds. The topological polar surface area (TPSA) is 78.1 Å². The number of aromatic nitrogens is 2. The lowest BCUT2D eigenvalue weighted by molar-refractivity contribution is 0.455. The summed E-state index contributed by atoms with van der Waals surface area (Å²) in [7, 11) is -1.66. The van der Waals surface area contributed by atoms with Crippen molar-refractivity contribution in [3.05, 3.63) is 18.2 Å². The minimum atomic E-state index is -3.22. The summed E-state index contributed by atoms with van der Waals surface area (Å²) < 4.78 is 25.1. The number of hydrogen-bond acceptors (Lipinski definition) is 4. The number of sulfonamides is 1. The van der Waals surface area contributed by atoms with E-state index in [9.17, 15) is 8.42 Å². The molecule has 98 valence electrons. The van der Waals surface area contributed by atoms with Gasteiger partial charge in [-0.05, 0) is 0 Å². The maximum atomic E-state index is 11.9. The smallest absolute Gasteiger partial charge is 0.215 e. The van der Waals surface area contributed by atoms with Crippen molar-refractivity contribution in [1.82, 2.24) is 19.6 Å². The van der Waals surface area contributed by atoms with Crippen LogP contribution in [0.5, 0.6) is 0 Å². The second-order valence-electron chi connectivity index (χ2n) is 4.22. The number of nitrogens with zero attached hydrogens (tertiary/aromatic N) is 2. The summed E-state index contributed by atoms with van der Waals surface area (Å²) in [4.78, 5) is 6.88. The molecule has 0 saturated heterocycles. The van der Waals surface area contributed by atoms with Gasteiger partial charge in [-0.1, -0.05) is 13.8 Å². The predicted molar refractivity (Wildman–Crippen MR) is 67.0 cm³/mol. The molecule has 0 unspecified atom stereocenters. The summed E-state index contributed by atoms with van der Waals surface area (Å²) in [5.74, 6) is 0.746. The first-order chi connectivity index (χ1) is 7.92. The quantitative estimate of drug-likeness (QED) is 0.732. The average molecular weight is 260 g/mol.